The van der Waals surface area contributed by atoms with Crippen molar-refractivity contribution in [2.75, 3.05) is 0 Å². The quantitative estimate of drug-likeness (QED) is 0.427. The van der Waals surface area contributed by atoms with Crippen molar-refractivity contribution >= 4 is 6.98 Å². The predicted octanol–water partition coefficient (Wildman–Crippen LogP) is 2.90. The van der Waals surface area contributed by atoms with Crippen molar-refractivity contribution in [1.29, 1.82) is 0 Å². The molecule has 0 unspecified atom stereocenters. The van der Waals surface area contributed by atoms with E-state index in [1.165, 1.54) is 0 Å². The third-order valence-corrected chi connectivity index (χ3v) is 0.821. The molecule has 0 nitrogen and oxygen atoms in total. The lowest BCUT2D eigenvalue weighted by atomic mass is 9.91. The molecule has 0 aliphatic carbocycles. The number of rotatable bonds is 3. The van der Waals surface area contributed by atoms with Crippen LogP contribution in [0.25, 0.3) is 0 Å². The van der Waals surface area contributed by atoms with Gasteiger partial charge in [-0.3, -0.25) is 0 Å². The fourth-order valence-electron chi connectivity index (χ4n) is 0.424. The Morgan fingerprint density at radius 3 is 2.30 bits per heavy atom. The van der Waals surface area contributed by atoms with Gasteiger partial charge in [0.05, 0.1) is 0 Å². The molecule has 58 valence electrons. The Balaban J connectivity index is 3.67. The second kappa shape index (κ2) is 3.49. The second-order valence-corrected chi connectivity index (χ2v) is 2.21. The molecule has 0 rings (SSSR count). The number of hydrogen-bond acceptors (Lipinski definition) is 0. The Hall–Kier alpha value is -0.665. The van der Waals surface area contributed by atoms with Crippen molar-refractivity contribution in [3.05, 3.63) is 24.2 Å². The lowest BCUT2D eigenvalue weighted by molar-refractivity contribution is 0.498. The molecule has 0 heterocycles. The highest BCUT2D eigenvalue weighted by Gasteiger charge is 2.16. The Labute approximate surface area is 58.5 Å². The molecular formula is C6H9BF3-. The fraction of sp³-hybridized carbons (Fsp3) is 0.333. The minimum atomic E-state index is -4.75. The summed E-state index contributed by atoms with van der Waals surface area (Å²) >= 11 is 0. The van der Waals surface area contributed by atoms with Crippen molar-refractivity contribution in [2.24, 2.45) is 0 Å². The van der Waals surface area contributed by atoms with Gasteiger partial charge in [-0.2, -0.15) is 0 Å². The number of halogens is 3. The standard InChI is InChI=1S/C6H9BF3/c1-6(2)4-3-5-7(8,9)10/h3,5H,1,4H2,2H3/q-1/b5-3+. The molecule has 0 bridgehead atoms. The van der Waals surface area contributed by atoms with Crippen LogP contribution in [0.4, 0.5) is 12.9 Å². The molecule has 0 radical (unpaired) electrons. The Morgan fingerprint density at radius 1 is 1.50 bits per heavy atom. The molecule has 0 atom stereocenters. The zero-order chi connectivity index (χ0) is 8.20. The Morgan fingerprint density at radius 2 is 2.00 bits per heavy atom. The smallest absolute Gasteiger partial charge is 0.445 e. The average Bonchev–Trinajstić information content (AvgIpc) is 1.59. The van der Waals surface area contributed by atoms with Crippen LogP contribution >= 0.6 is 0 Å². The largest absolute Gasteiger partial charge is 0.502 e. The van der Waals surface area contributed by atoms with E-state index >= 15 is 0 Å². The average molecular weight is 149 g/mol. The monoisotopic (exact) mass is 149 g/mol. The molecule has 0 aliphatic heterocycles. The van der Waals surface area contributed by atoms with Gasteiger partial charge in [0.15, 0.2) is 0 Å². The van der Waals surface area contributed by atoms with Crippen LogP contribution in [0.3, 0.4) is 0 Å². The molecule has 0 aromatic heterocycles. The van der Waals surface area contributed by atoms with Gasteiger partial charge in [0.2, 0.25) is 0 Å². The van der Waals surface area contributed by atoms with E-state index in [-0.39, 0.29) is 5.98 Å². The van der Waals surface area contributed by atoms with E-state index in [4.69, 9.17) is 0 Å². The van der Waals surface area contributed by atoms with Crippen LogP contribution in [-0.4, -0.2) is 6.98 Å². The first-order valence-electron chi connectivity index (χ1n) is 2.94. The minimum Gasteiger partial charge on any atom is -0.445 e. The Bertz CT molecular complexity index is 146. The second-order valence-electron chi connectivity index (χ2n) is 2.21. The first kappa shape index (κ1) is 9.33. The van der Waals surface area contributed by atoms with Crippen LogP contribution in [0.1, 0.15) is 13.3 Å². The summed E-state index contributed by atoms with van der Waals surface area (Å²) in [5.74, 6) is 0.286. The first-order valence-corrected chi connectivity index (χ1v) is 2.94. The van der Waals surface area contributed by atoms with Crippen LogP contribution < -0.4 is 0 Å². The van der Waals surface area contributed by atoms with E-state index < -0.39 is 6.98 Å². The molecule has 0 N–H and O–H groups in total. The third-order valence-electron chi connectivity index (χ3n) is 0.821. The zero-order valence-corrected chi connectivity index (χ0v) is 5.78. The molecule has 0 fully saturated rings. The SMILES string of the molecule is C=C(C)C/C=C/[B-](F)(F)F. The van der Waals surface area contributed by atoms with Crippen LogP contribution in [-0.2, 0) is 0 Å². The summed E-state index contributed by atoms with van der Waals surface area (Å²) in [6.45, 7) is 0.399. The van der Waals surface area contributed by atoms with Crippen molar-refractivity contribution < 1.29 is 12.9 Å². The van der Waals surface area contributed by atoms with E-state index in [9.17, 15) is 12.9 Å². The van der Waals surface area contributed by atoms with E-state index in [2.05, 4.69) is 6.58 Å². The number of hydrogen-bond donors (Lipinski definition) is 0. The predicted molar refractivity (Wildman–Crippen MR) is 37.6 cm³/mol. The Kier molecular flexibility index (Phi) is 3.26. The summed E-state index contributed by atoms with van der Waals surface area (Å²) in [4.78, 5) is 0. The molecule has 0 aliphatic rings. The van der Waals surface area contributed by atoms with Gasteiger partial charge in [0.1, 0.15) is 0 Å². The van der Waals surface area contributed by atoms with Crippen molar-refractivity contribution in [1.82, 2.24) is 0 Å². The van der Waals surface area contributed by atoms with Crippen molar-refractivity contribution in [3.8, 4) is 0 Å². The van der Waals surface area contributed by atoms with E-state index in [1.54, 1.807) is 6.92 Å². The van der Waals surface area contributed by atoms with Gasteiger partial charge in [-0.1, -0.05) is 12.2 Å². The summed E-state index contributed by atoms with van der Waals surface area (Å²) < 4.78 is 34.4. The van der Waals surface area contributed by atoms with Crippen LogP contribution in [0.2, 0.25) is 0 Å². The highest BCUT2D eigenvalue weighted by atomic mass is 19.4. The highest BCUT2D eigenvalue weighted by molar-refractivity contribution is 6.64. The topological polar surface area (TPSA) is 0 Å². The van der Waals surface area contributed by atoms with Crippen LogP contribution in [0, 0.1) is 0 Å². The fourth-order valence-corrected chi connectivity index (χ4v) is 0.424. The minimum absolute atomic E-state index is 0.286. The number of allylic oxidation sites excluding steroid dienone is 2. The van der Waals surface area contributed by atoms with Crippen LogP contribution in [0.5, 0.6) is 0 Å². The summed E-state index contributed by atoms with van der Waals surface area (Å²) in [6, 6.07) is 0. The van der Waals surface area contributed by atoms with Gasteiger partial charge < -0.3 is 12.9 Å². The molecule has 0 spiro atoms. The van der Waals surface area contributed by atoms with Gasteiger partial charge in [0.25, 0.3) is 0 Å². The molecule has 4 heteroatoms. The maximum absolute atomic E-state index is 11.5. The summed E-state index contributed by atoms with van der Waals surface area (Å²) in [7, 11) is 0. The van der Waals surface area contributed by atoms with E-state index in [1.807, 2.05) is 0 Å². The first-order chi connectivity index (χ1) is 4.42. The van der Waals surface area contributed by atoms with E-state index in [0.29, 0.717) is 6.42 Å². The van der Waals surface area contributed by atoms with Gasteiger partial charge in [-0.15, -0.1) is 12.1 Å². The highest BCUT2D eigenvalue weighted by Crippen LogP contribution is 2.10. The van der Waals surface area contributed by atoms with Gasteiger partial charge in [0, 0.05) is 0 Å². The third kappa shape index (κ3) is 7.33. The molecule has 0 saturated heterocycles. The molecular weight excluding hydrogens is 140 g/mol. The van der Waals surface area contributed by atoms with Crippen LogP contribution in [0.15, 0.2) is 24.2 Å². The van der Waals surface area contributed by atoms with E-state index in [0.717, 1.165) is 11.6 Å². The maximum Gasteiger partial charge on any atom is 0.502 e. The molecule has 0 aromatic rings. The maximum atomic E-state index is 11.5. The summed E-state index contributed by atoms with van der Waals surface area (Å²) in [6.07, 6.45) is 1.39. The zero-order valence-electron chi connectivity index (χ0n) is 5.78. The molecule has 0 saturated carbocycles. The lowest BCUT2D eigenvalue weighted by Gasteiger charge is -2.05. The summed E-state index contributed by atoms with van der Waals surface area (Å²) in [5, 5.41) is 0. The molecule has 10 heavy (non-hydrogen) atoms. The van der Waals surface area contributed by atoms with Crippen molar-refractivity contribution in [3.63, 3.8) is 0 Å². The van der Waals surface area contributed by atoms with Gasteiger partial charge >= 0.3 is 6.98 Å². The normalized spacial score (nSPS) is 12.4. The van der Waals surface area contributed by atoms with Gasteiger partial charge in [-0.25, -0.2) is 0 Å². The summed E-state index contributed by atoms with van der Waals surface area (Å²) in [5.41, 5.74) is 0.733. The lowest BCUT2D eigenvalue weighted by Crippen LogP contribution is -2.09. The molecule has 0 aromatic carbocycles. The van der Waals surface area contributed by atoms with Gasteiger partial charge in [-0.05, 0) is 13.3 Å². The molecule has 0 amide bonds. The van der Waals surface area contributed by atoms with Crippen molar-refractivity contribution in [2.45, 2.75) is 13.3 Å².